The van der Waals surface area contributed by atoms with E-state index in [9.17, 15) is 0 Å². The minimum absolute atomic E-state index is 0.801. The zero-order valence-corrected chi connectivity index (χ0v) is 13.0. The van der Waals surface area contributed by atoms with Gasteiger partial charge in [-0.1, -0.05) is 0 Å². The molecule has 0 bridgehead atoms. The number of hydrogen-bond donors (Lipinski definition) is 2. The van der Waals surface area contributed by atoms with Gasteiger partial charge in [-0.3, -0.25) is 10.2 Å². The van der Waals surface area contributed by atoms with Crippen LogP contribution in [0.15, 0.2) is 13.5 Å². The lowest BCUT2D eigenvalue weighted by Gasteiger charge is -2.31. The monoisotopic (exact) mass is 347 g/mol. The zero-order chi connectivity index (χ0) is 11.2. The van der Waals surface area contributed by atoms with Crippen molar-refractivity contribution in [2.45, 2.75) is 6.42 Å². The number of nitrogens with one attached hydrogen (secondary N) is 2. The average molecular weight is 349 g/mol. The Balaban J connectivity index is 2.55. The summed E-state index contributed by atoms with van der Waals surface area (Å²) in [6.45, 7) is 1.60. The Morgan fingerprint density at radius 2 is 1.33 bits per heavy atom. The van der Waals surface area contributed by atoms with Crippen molar-refractivity contribution in [1.29, 1.82) is 0 Å². The fourth-order valence-corrected chi connectivity index (χ4v) is 16.5. The molecular formula is C3H8Cl4N5P3. The summed E-state index contributed by atoms with van der Waals surface area (Å²) in [5.41, 5.74) is 0. The van der Waals surface area contributed by atoms with E-state index in [2.05, 4.69) is 23.7 Å². The molecule has 0 radical (unpaired) electrons. The molecule has 1 fully saturated rings. The van der Waals surface area contributed by atoms with E-state index >= 15 is 0 Å². The van der Waals surface area contributed by atoms with E-state index in [0.29, 0.717) is 0 Å². The summed E-state index contributed by atoms with van der Waals surface area (Å²) in [7, 11) is -2.30. The maximum Gasteiger partial charge on any atom is 0.257 e. The van der Waals surface area contributed by atoms with Crippen molar-refractivity contribution in [3.05, 3.63) is 0 Å². The topological polar surface area (TPSA) is 61.1 Å². The van der Waals surface area contributed by atoms with Gasteiger partial charge in [0.2, 0.25) is 7.51 Å². The highest BCUT2D eigenvalue weighted by Crippen LogP contribution is 2.83. The Bertz CT molecular complexity index is 415. The molecule has 0 unspecified atom stereocenters. The van der Waals surface area contributed by atoms with Crippen molar-refractivity contribution < 1.29 is 0 Å². The molecule has 1 spiro atoms. The molecule has 1 saturated heterocycles. The summed E-state index contributed by atoms with van der Waals surface area (Å²) in [6.07, 6.45) is 0.996. The number of hydrogen-bond acceptors (Lipinski definition) is 5. The van der Waals surface area contributed by atoms with Gasteiger partial charge in [-0.2, -0.15) is 13.5 Å². The summed E-state index contributed by atoms with van der Waals surface area (Å²) in [4.78, 5) is 0. The fraction of sp³-hybridized carbons (Fsp3) is 1.00. The molecule has 2 aliphatic heterocycles. The SMILES string of the molecule is ClP1(Cl)=NP(Cl)(Cl)=NP2(=N1)NCCCN2. The predicted octanol–water partition coefficient (Wildman–Crippen LogP) is 5.38. The first-order chi connectivity index (χ1) is 6.83. The molecule has 0 saturated carbocycles. The van der Waals surface area contributed by atoms with Crippen molar-refractivity contribution >= 4 is 64.3 Å². The van der Waals surface area contributed by atoms with Crippen molar-refractivity contribution in [2.24, 2.45) is 13.5 Å². The minimum Gasteiger partial charge on any atom is -0.253 e. The van der Waals surface area contributed by atoms with E-state index < -0.39 is 19.3 Å². The second-order valence-electron chi connectivity index (χ2n) is 2.95. The quantitative estimate of drug-likeness (QED) is 0.577. The van der Waals surface area contributed by atoms with E-state index in [1.807, 2.05) is 0 Å². The van der Waals surface area contributed by atoms with E-state index in [0.717, 1.165) is 19.5 Å². The van der Waals surface area contributed by atoms with Crippen LogP contribution < -0.4 is 10.2 Å². The van der Waals surface area contributed by atoms with Crippen LogP contribution in [0.2, 0.25) is 0 Å². The van der Waals surface area contributed by atoms with Gasteiger partial charge in [0.25, 0.3) is 11.8 Å². The van der Waals surface area contributed by atoms with Crippen LogP contribution in [0.4, 0.5) is 0 Å². The van der Waals surface area contributed by atoms with E-state index in [1.165, 1.54) is 0 Å². The third-order valence-electron chi connectivity index (χ3n) is 1.71. The molecule has 2 heterocycles. The van der Waals surface area contributed by atoms with E-state index in [-0.39, 0.29) is 0 Å². The summed E-state index contributed by atoms with van der Waals surface area (Å²) in [6, 6.07) is 0. The summed E-state index contributed by atoms with van der Waals surface area (Å²) < 4.78 is 12.4. The molecule has 0 aromatic carbocycles. The van der Waals surface area contributed by atoms with Gasteiger partial charge in [0, 0.05) is 13.1 Å². The third-order valence-corrected chi connectivity index (χ3v) is 13.4. The van der Waals surface area contributed by atoms with Crippen LogP contribution in [0.3, 0.4) is 0 Å². The van der Waals surface area contributed by atoms with Crippen molar-refractivity contribution in [3.8, 4) is 0 Å². The normalized spacial score (nSPS) is 31.2. The molecular weight excluding hydrogens is 341 g/mol. The standard InChI is InChI=1S/C3H8Cl4N5P3/c4-13(5)10-14(6,7)12-15(11-13)8-2-1-3-9-15/h8-9H,1-3H2. The van der Waals surface area contributed by atoms with E-state index in [4.69, 9.17) is 45.0 Å². The molecule has 5 nitrogen and oxygen atoms in total. The molecule has 88 valence electrons. The van der Waals surface area contributed by atoms with Gasteiger partial charge in [0.15, 0.2) is 0 Å². The summed E-state index contributed by atoms with van der Waals surface area (Å²) in [5.74, 6) is -5.56. The molecule has 2 N–H and O–H groups in total. The first kappa shape index (κ1) is 13.2. The number of rotatable bonds is 0. The molecule has 12 heteroatoms. The lowest BCUT2D eigenvalue weighted by Crippen LogP contribution is -2.30. The summed E-state index contributed by atoms with van der Waals surface area (Å²) in [5, 5.41) is 6.34. The van der Waals surface area contributed by atoms with Crippen LogP contribution in [-0.2, 0) is 0 Å². The Morgan fingerprint density at radius 3 is 1.87 bits per heavy atom. The summed E-state index contributed by atoms with van der Waals surface area (Å²) >= 11 is 23.9. The molecule has 0 aliphatic carbocycles. The van der Waals surface area contributed by atoms with Crippen molar-refractivity contribution in [2.75, 3.05) is 13.1 Å². The van der Waals surface area contributed by atoms with E-state index in [1.54, 1.807) is 0 Å². The molecule has 15 heavy (non-hydrogen) atoms. The smallest absolute Gasteiger partial charge is 0.253 e. The zero-order valence-electron chi connectivity index (χ0n) is 7.32. The van der Waals surface area contributed by atoms with Crippen LogP contribution in [0.5, 0.6) is 0 Å². The van der Waals surface area contributed by atoms with Gasteiger partial charge >= 0.3 is 0 Å². The van der Waals surface area contributed by atoms with Gasteiger partial charge < -0.3 is 0 Å². The lowest BCUT2D eigenvalue weighted by atomic mass is 10.4. The third kappa shape index (κ3) is 3.37. The molecule has 0 atom stereocenters. The fourth-order valence-electron chi connectivity index (χ4n) is 1.24. The highest BCUT2D eigenvalue weighted by Gasteiger charge is 2.34. The molecule has 0 aromatic rings. The highest BCUT2D eigenvalue weighted by atomic mass is 35.9. The molecule has 2 aliphatic rings. The van der Waals surface area contributed by atoms with Gasteiger partial charge in [-0.25, -0.2) is 0 Å². The molecule has 0 aromatic heterocycles. The maximum atomic E-state index is 5.97. The van der Waals surface area contributed by atoms with Crippen LogP contribution in [0.1, 0.15) is 6.42 Å². The van der Waals surface area contributed by atoms with Crippen molar-refractivity contribution in [3.63, 3.8) is 0 Å². The van der Waals surface area contributed by atoms with Gasteiger partial charge in [-0.05, 0) is 51.4 Å². The Labute approximate surface area is 107 Å². The highest BCUT2D eigenvalue weighted by molar-refractivity contribution is 8.20. The molecule has 2 rings (SSSR count). The van der Waals surface area contributed by atoms with Crippen LogP contribution in [0.25, 0.3) is 0 Å². The largest absolute Gasteiger partial charge is 0.257 e. The Kier molecular flexibility index (Phi) is 3.93. The minimum atomic E-state index is -2.78. The molecule has 0 amide bonds. The average Bonchev–Trinajstić information content (AvgIpc) is 1.97. The van der Waals surface area contributed by atoms with Crippen molar-refractivity contribution in [1.82, 2.24) is 10.2 Å². The second kappa shape index (κ2) is 4.46. The Morgan fingerprint density at radius 1 is 0.800 bits per heavy atom. The Hall–Kier alpha value is 1.77. The second-order valence-corrected chi connectivity index (χ2v) is 15.5. The van der Waals surface area contributed by atoms with Gasteiger partial charge in [0.05, 0.1) is 0 Å². The van der Waals surface area contributed by atoms with Crippen LogP contribution in [-0.4, -0.2) is 13.1 Å². The maximum absolute atomic E-state index is 5.97. The predicted molar refractivity (Wildman–Crippen MR) is 72.1 cm³/mol. The van der Waals surface area contributed by atoms with Gasteiger partial charge in [0.1, 0.15) is 0 Å². The van der Waals surface area contributed by atoms with Crippen LogP contribution in [0, 0.1) is 0 Å². The number of halogens is 4. The first-order valence-corrected chi connectivity index (χ1v) is 12.7. The lowest BCUT2D eigenvalue weighted by molar-refractivity contribution is 0.713. The van der Waals surface area contributed by atoms with Gasteiger partial charge in [-0.15, -0.1) is 0 Å². The first-order valence-electron chi connectivity index (χ1n) is 4.03. The number of nitrogens with zero attached hydrogens (tertiary/aromatic N) is 3. The van der Waals surface area contributed by atoms with Crippen LogP contribution >= 0.6 is 64.3 Å².